The van der Waals surface area contributed by atoms with Gasteiger partial charge in [0, 0.05) is 25.1 Å². The highest BCUT2D eigenvalue weighted by Gasteiger charge is 2.25. The summed E-state index contributed by atoms with van der Waals surface area (Å²) >= 11 is 5.68. The zero-order valence-electron chi connectivity index (χ0n) is 11.8. The lowest BCUT2D eigenvalue weighted by molar-refractivity contribution is 0.0953. The van der Waals surface area contributed by atoms with Crippen molar-refractivity contribution in [2.24, 2.45) is 0 Å². The minimum Gasteiger partial charge on any atom is -0.352 e. The highest BCUT2D eigenvalue weighted by molar-refractivity contribution is 6.30. The molecule has 0 spiro atoms. The summed E-state index contributed by atoms with van der Waals surface area (Å²) < 4.78 is 5.21. The van der Waals surface area contributed by atoms with Crippen molar-refractivity contribution in [3.8, 4) is 0 Å². The largest absolute Gasteiger partial charge is 0.352 e. The van der Waals surface area contributed by atoms with Crippen LogP contribution in [-0.4, -0.2) is 27.6 Å². The maximum absolute atomic E-state index is 11.9. The molecule has 116 valence electrons. The van der Waals surface area contributed by atoms with Crippen LogP contribution in [0, 0.1) is 0 Å². The number of hydrogen-bond acceptors (Lipinski definition) is 5. The van der Waals surface area contributed by atoms with Gasteiger partial charge in [0.2, 0.25) is 5.89 Å². The lowest BCUT2D eigenvalue weighted by atomic mass is 9.85. The number of H-pyrrole nitrogens is 1. The summed E-state index contributed by atoms with van der Waals surface area (Å²) in [7, 11) is 0. The molecule has 2 heterocycles. The van der Waals surface area contributed by atoms with Crippen LogP contribution in [0.1, 0.15) is 47.3 Å². The summed E-state index contributed by atoms with van der Waals surface area (Å²) in [5.41, 5.74) is -0.124. The highest BCUT2D eigenvalue weighted by Crippen LogP contribution is 2.35. The van der Waals surface area contributed by atoms with Gasteiger partial charge in [0.15, 0.2) is 5.82 Å². The average molecular weight is 323 g/mol. The number of rotatable bonds is 5. The Morgan fingerprint density at radius 2 is 2.32 bits per heavy atom. The van der Waals surface area contributed by atoms with E-state index in [-0.39, 0.29) is 10.9 Å². The SMILES string of the molecule is O=C(NCCc1noc(C2CCC2)n1)c1c[nH]c(=O)c(Cl)c1. The summed E-state index contributed by atoms with van der Waals surface area (Å²) in [6, 6.07) is 1.33. The van der Waals surface area contributed by atoms with Crippen molar-refractivity contribution >= 4 is 17.5 Å². The van der Waals surface area contributed by atoms with Gasteiger partial charge in [-0.3, -0.25) is 9.59 Å². The number of pyridine rings is 1. The third-order valence-electron chi connectivity index (χ3n) is 3.69. The van der Waals surface area contributed by atoms with Gasteiger partial charge in [-0.15, -0.1) is 0 Å². The van der Waals surface area contributed by atoms with Gasteiger partial charge in [-0.1, -0.05) is 23.2 Å². The average Bonchev–Trinajstić information content (AvgIpc) is 2.88. The molecule has 0 radical (unpaired) electrons. The fraction of sp³-hybridized carbons (Fsp3) is 0.429. The van der Waals surface area contributed by atoms with E-state index < -0.39 is 5.56 Å². The van der Waals surface area contributed by atoms with Crippen molar-refractivity contribution in [2.75, 3.05) is 6.54 Å². The molecule has 0 aromatic carbocycles. The van der Waals surface area contributed by atoms with E-state index >= 15 is 0 Å². The first-order chi connectivity index (χ1) is 10.6. The second kappa shape index (κ2) is 6.31. The number of aromatic nitrogens is 3. The van der Waals surface area contributed by atoms with Gasteiger partial charge in [-0.05, 0) is 18.9 Å². The molecule has 1 aliphatic carbocycles. The Bertz CT molecular complexity index is 736. The van der Waals surface area contributed by atoms with E-state index in [1.807, 2.05) is 0 Å². The number of carbonyl (C=O) groups excluding carboxylic acids is 1. The zero-order chi connectivity index (χ0) is 15.5. The standard InChI is InChI=1S/C14H15ClN4O3/c15-10-6-9(7-17-13(10)21)12(20)16-5-4-11-18-14(22-19-11)8-2-1-3-8/h6-8H,1-5H2,(H,16,20)(H,17,21). The smallest absolute Gasteiger partial charge is 0.266 e. The molecule has 1 amide bonds. The molecule has 0 bridgehead atoms. The lowest BCUT2D eigenvalue weighted by Crippen LogP contribution is -2.26. The van der Waals surface area contributed by atoms with Crippen LogP contribution in [0.2, 0.25) is 5.02 Å². The molecule has 7 nitrogen and oxygen atoms in total. The van der Waals surface area contributed by atoms with E-state index in [2.05, 4.69) is 20.4 Å². The minimum absolute atomic E-state index is 0.0176. The van der Waals surface area contributed by atoms with E-state index in [1.165, 1.54) is 18.7 Å². The van der Waals surface area contributed by atoms with Gasteiger partial charge in [0.05, 0.1) is 5.56 Å². The molecule has 2 aromatic heterocycles. The molecular weight excluding hydrogens is 308 g/mol. The quantitative estimate of drug-likeness (QED) is 0.871. The Labute approximate surface area is 131 Å². The first-order valence-electron chi connectivity index (χ1n) is 7.12. The number of amides is 1. The molecule has 1 fully saturated rings. The topological polar surface area (TPSA) is 101 Å². The molecule has 1 aliphatic rings. The van der Waals surface area contributed by atoms with Gasteiger partial charge in [0.25, 0.3) is 11.5 Å². The maximum Gasteiger partial charge on any atom is 0.266 e. The van der Waals surface area contributed by atoms with Gasteiger partial charge in [-0.2, -0.15) is 4.98 Å². The van der Waals surface area contributed by atoms with Crippen molar-refractivity contribution in [1.82, 2.24) is 20.4 Å². The number of halogens is 1. The molecule has 0 saturated heterocycles. The maximum atomic E-state index is 11.9. The first kappa shape index (κ1) is 14.8. The molecule has 22 heavy (non-hydrogen) atoms. The van der Waals surface area contributed by atoms with E-state index in [0.717, 1.165) is 12.8 Å². The number of nitrogens with zero attached hydrogens (tertiary/aromatic N) is 2. The molecule has 8 heteroatoms. The van der Waals surface area contributed by atoms with Crippen LogP contribution in [0.15, 0.2) is 21.6 Å². The third kappa shape index (κ3) is 3.19. The summed E-state index contributed by atoms with van der Waals surface area (Å²) in [4.78, 5) is 29.8. The number of aromatic amines is 1. The fourth-order valence-corrected chi connectivity index (χ4v) is 2.34. The Morgan fingerprint density at radius 1 is 1.50 bits per heavy atom. The van der Waals surface area contributed by atoms with Crippen LogP contribution < -0.4 is 10.9 Å². The molecule has 0 aliphatic heterocycles. The Balaban J connectivity index is 1.51. The van der Waals surface area contributed by atoms with E-state index in [4.69, 9.17) is 16.1 Å². The predicted octanol–water partition coefficient (Wildman–Crippen LogP) is 1.65. The molecule has 0 atom stereocenters. The van der Waals surface area contributed by atoms with Gasteiger partial charge < -0.3 is 14.8 Å². The van der Waals surface area contributed by atoms with Crippen molar-refractivity contribution < 1.29 is 9.32 Å². The predicted molar refractivity (Wildman–Crippen MR) is 79.0 cm³/mol. The molecule has 2 aromatic rings. The van der Waals surface area contributed by atoms with Crippen molar-refractivity contribution in [3.05, 3.63) is 44.9 Å². The summed E-state index contributed by atoms with van der Waals surface area (Å²) in [5.74, 6) is 1.36. The van der Waals surface area contributed by atoms with Crippen molar-refractivity contribution in [2.45, 2.75) is 31.6 Å². The number of carbonyl (C=O) groups is 1. The van der Waals surface area contributed by atoms with Crippen molar-refractivity contribution in [3.63, 3.8) is 0 Å². The zero-order valence-corrected chi connectivity index (χ0v) is 12.5. The second-order valence-electron chi connectivity index (χ2n) is 5.25. The monoisotopic (exact) mass is 322 g/mol. The first-order valence-corrected chi connectivity index (χ1v) is 7.50. The van der Waals surface area contributed by atoms with Crippen LogP contribution in [-0.2, 0) is 6.42 Å². The number of nitrogens with one attached hydrogen (secondary N) is 2. The Hall–Kier alpha value is -2.15. The summed E-state index contributed by atoms with van der Waals surface area (Å²) in [5, 5.41) is 6.61. The Kier molecular flexibility index (Phi) is 4.24. The van der Waals surface area contributed by atoms with Gasteiger partial charge in [0.1, 0.15) is 5.02 Å². The second-order valence-corrected chi connectivity index (χ2v) is 5.66. The molecular formula is C14H15ClN4O3. The van der Waals surface area contributed by atoms with E-state index in [9.17, 15) is 9.59 Å². The molecule has 0 unspecified atom stereocenters. The highest BCUT2D eigenvalue weighted by atomic mass is 35.5. The van der Waals surface area contributed by atoms with E-state index in [0.29, 0.717) is 36.2 Å². The molecule has 1 saturated carbocycles. The van der Waals surface area contributed by atoms with E-state index in [1.54, 1.807) is 0 Å². The normalized spacial score (nSPS) is 14.6. The van der Waals surface area contributed by atoms with Crippen LogP contribution in [0.3, 0.4) is 0 Å². The van der Waals surface area contributed by atoms with Crippen LogP contribution in [0.4, 0.5) is 0 Å². The lowest BCUT2D eigenvalue weighted by Gasteiger charge is -2.20. The van der Waals surface area contributed by atoms with Gasteiger partial charge in [-0.25, -0.2) is 0 Å². The minimum atomic E-state index is -0.423. The van der Waals surface area contributed by atoms with Crippen LogP contribution >= 0.6 is 11.6 Å². The van der Waals surface area contributed by atoms with Crippen LogP contribution in [0.5, 0.6) is 0 Å². The van der Waals surface area contributed by atoms with Crippen LogP contribution in [0.25, 0.3) is 0 Å². The van der Waals surface area contributed by atoms with Crippen molar-refractivity contribution in [1.29, 1.82) is 0 Å². The fourth-order valence-electron chi connectivity index (χ4n) is 2.17. The third-order valence-corrected chi connectivity index (χ3v) is 3.97. The molecule has 3 rings (SSSR count). The van der Waals surface area contributed by atoms with Gasteiger partial charge >= 0.3 is 0 Å². The molecule has 2 N–H and O–H groups in total. The Morgan fingerprint density at radius 3 is 3.00 bits per heavy atom. The summed E-state index contributed by atoms with van der Waals surface area (Å²) in [6.07, 6.45) is 5.22. The number of hydrogen-bond donors (Lipinski definition) is 2. The summed E-state index contributed by atoms with van der Waals surface area (Å²) in [6.45, 7) is 0.374.